The second kappa shape index (κ2) is 8.11. The molecule has 3 aromatic heterocycles. The normalized spacial score (nSPS) is 11.2. The summed E-state index contributed by atoms with van der Waals surface area (Å²) in [5.41, 5.74) is 6.45. The lowest BCUT2D eigenvalue weighted by Gasteiger charge is -2.12. The fourth-order valence-electron chi connectivity index (χ4n) is 4.03. The first-order valence-electron chi connectivity index (χ1n) is 10.4. The molecule has 0 aliphatic carbocycles. The van der Waals surface area contributed by atoms with Crippen molar-refractivity contribution in [2.24, 2.45) is 0 Å². The van der Waals surface area contributed by atoms with Crippen molar-refractivity contribution in [2.75, 3.05) is 7.11 Å². The van der Waals surface area contributed by atoms with E-state index in [4.69, 9.17) is 9.72 Å². The zero-order valence-corrected chi connectivity index (χ0v) is 17.7. The first-order valence-corrected chi connectivity index (χ1v) is 10.4. The van der Waals surface area contributed by atoms with Crippen LogP contribution in [0.3, 0.4) is 0 Å². The van der Waals surface area contributed by atoms with Gasteiger partial charge in [-0.2, -0.15) is 0 Å². The number of hydrogen-bond donors (Lipinski definition) is 0. The van der Waals surface area contributed by atoms with Gasteiger partial charge in [0.1, 0.15) is 5.75 Å². The third-order valence-corrected chi connectivity index (χ3v) is 5.62. The van der Waals surface area contributed by atoms with Crippen LogP contribution in [-0.4, -0.2) is 26.2 Å². The molecule has 3 heterocycles. The van der Waals surface area contributed by atoms with Gasteiger partial charge in [0.2, 0.25) is 0 Å². The Labute approximate surface area is 181 Å². The second-order valence-corrected chi connectivity index (χ2v) is 7.65. The van der Waals surface area contributed by atoms with Crippen LogP contribution in [-0.2, 0) is 13.0 Å². The minimum absolute atomic E-state index is 0.789. The number of fused-ring (bicyclic) bond motifs is 1. The number of imidazole rings is 1. The standard InChI is InChI=1S/C26H24N4O/c1-19-17-30(18-28-19)24-9-8-21(16-25(24)31-2)26-22-12-15-29(23(22)10-13-27-26)14-11-20-6-4-3-5-7-20/h3-10,12-13,15-18H,11,14H2,1-2H3. The van der Waals surface area contributed by atoms with Crippen LogP contribution in [0.25, 0.3) is 27.8 Å². The summed E-state index contributed by atoms with van der Waals surface area (Å²) in [4.78, 5) is 9.03. The van der Waals surface area contributed by atoms with Gasteiger partial charge in [-0.25, -0.2) is 4.98 Å². The molecule has 0 spiro atoms. The van der Waals surface area contributed by atoms with Crippen molar-refractivity contribution >= 4 is 10.9 Å². The lowest BCUT2D eigenvalue weighted by atomic mass is 10.1. The molecule has 0 N–H and O–H groups in total. The fraction of sp³-hybridized carbons (Fsp3) is 0.154. The molecule has 0 radical (unpaired) electrons. The van der Waals surface area contributed by atoms with Crippen molar-refractivity contribution in [3.05, 3.63) is 96.8 Å². The van der Waals surface area contributed by atoms with Gasteiger partial charge in [0.25, 0.3) is 0 Å². The van der Waals surface area contributed by atoms with Gasteiger partial charge in [0.15, 0.2) is 0 Å². The van der Waals surface area contributed by atoms with E-state index in [1.165, 1.54) is 11.1 Å². The average molecular weight is 409 g/mol. The van der Waals surface area contributed by atoms with Crippen LogP contribution in [0.2, 0.25) is 0 Å². The topological polar surface area (TPSA) is 44.9 Å². The summed E-state index contributed by atoms with van der Waals surface area (Å²) in [6.45, 7) is 2.91. The lowest BCUT2D eigenvalue weighted by molar-refractivity contribution is 0.413. The maximum atomic E-state index is 5.69. The molecule has 5 aromatic rings. The second-order valence-electron chi connectivity index (χ2n) is 7.65. The molecule has 0 amide bonds. The highest BCUT2D eigenvalue weighted by Crippen LogP contribution is 2.33. The largest absolute Gasteiger partial charge is 0.495 e. The molecule has 5 nitrogen and oxygen atoms in total. The summed E-state index contributed by atoms with van der Waals surface area (Å²) >= 11 is 0. The summed E-state index contributed by atoms with van der Waals surface area (Å²) < 4.78 is 9.97. The van der Waals surface area contributed by atoms with Crippen molar-refractivity contribution in [3.63, 3.8) is 0 Å². The molecule has 0 saturated carbocycles. The van der Waals surface area contributed by atoms with E-state index in [2.05, 4.69) is 70.3 Å². The van der Waals surface area contributed by atoms with Gasteiger partial charge in [-0.1, -0.05) is 36.4 Å². The number of pyridine rings is 1. The van der Waals surface area contributed by atoms with E-state index in [1.54, 1.807) is 13.4 Å². The molecule has 5 rings (SSSR count). The zero-order valence-electron chi connectivity index (χ0n) is 17.7. The summed E-state index contributed by atoms with van der Waals surface area (Å²) in [6.07, 6.45) is 8.83. The van der Waals surface area contributed by atoms with Gasteiger partial charge in [-0.15, -0.1) is 0 Å². The number of hydrogen-bond acceptors (Lipinski definition) is 3. The van der Waals surface area contributed by atoms with Crippen LogP contribution in [0.5, 0.6) is 5.75 Å². The maximum absolute atomic E-state index is 5.69. The Morgan fingerprint density at radius 2 is 1.84 bits per heavy atom. The van der Waals surface area contributed by atoms with Crippen LogP contribution in [0.4, 0.5) is 0 Å². The summed E-state index contributed by atoms with van der Waals surface area (Å²) in [5, 5.41) is 1.14. The number of nitrogens with zero attached hydrogens (tertiary/aromatic N) is 4. The molecule has 0 aliphatic rings. The minimum atomic E-state index is 0.789. The Bertz CT molecular complexity index is 1330. The summed E-state index contributed by atoms with van der Waals surface area (Å²) in [5.74, 6) is 0.789. The predicted molar refractivity (Wildman–Crippen MR) is 124 cm³/mol. The Morgan fingerprint density at radius 3 is 2.61 bits per heavy atom. The quantitative estimate of drug-likeness (QED) is 0.375. The van der Waals surface area contributed by atoms with E-state index in [0.717, 1.165) is 46.7 Å². The first-order chi connectivity index (χ1) is 15.2. The smallest absolute Gasteiger partial charge is 0.143 e. The first kappa shape index (κ1) is 19.1. The van der Waals surface area contributed by atoms with Crippen molar-refractivity contribution < 1.29 is 4.74 Å². The van der Waals surface area contributed by atoms with E-state index >= 15 is 0 Å². The van der Waals surface area contributed by atoms with E-state index in [0.29, 0.717) is 0 Å². The Hall–Kier alpha value is -3.86. The predicted octanol–water partition coefficient (Wildman–Crippen LogP) is 5.45. The molecule has 5 heteroatoms. The van der Waals surface area contributed by atoms with Crippen molar-refractivity contribution in [3.8, 4) is 22.7 Å². The SMILES string of the molecule is COc1cc(-c2nccc3c2ccn3CCc2ccccc2)ccc1-n1cnc(C)c1. The van der Waals surface area contributed by atoms with Gasteiger partial charge in [0, 0.05) is 36.1 Å². The average Bonchev–Trinajstić information content (AvgIpc) is 3.44. The molecule has 0 fully saturated rings. The molecule has 0 unspecified atom stereocenters. The van der Waals surface area contributed by atoms with Gasteiger partial charge < -0.3 is 13.9 Å². The van der Waals surface area contributed by atoms with Crippen molar-refractivity contribution in [2.45, 2.75) is 19.9 Å². The van der Waals surface area contributed by atoms with Crippen LogP contribution >= 0.6 is 0 Å². The van der Waals surface area contributed by atoms with Crippen LogP contribution in [0, 0.1) is 6.92 Å². The molecule has 154 valence electrons. The van der Waals surface area contributed by atoms with Crippen molar-refractivity contribution in [1.29, 1.82) is 0 Å². The van der Waals surface area contributed by atoms with E-state index in [9.17, 15) is 0 Å². The van der Waals surface area contributed by atoms with Crippen molar-refractivity contribution in [1.82, 2.24) is 19.1 Å². The van der Waals surface area contributed by atoms with Gasteiger partial charge in [-0.05, 0) is 43.2 Å². The molecule has 2 aromatic carbocycles. The molecular weight excluding hydrogens is 384 g/mol. The monoisotopic (exact) mass is 408 g/mol. The molecule has 31 heavy (non-hydrogen) atoms. The van der Waals surface area contributed by atoms with E-state index in [-0.39, 0.29) is 0 Å². The maximum Gasteiger partial charge on any atom is 0.143 e. The Balaban J connectivity index is 1.49. The summed E-state index contributed by atoms with van der Waals surface area (Å²) in [6, 6.07) is 21.0. The van der Waals surface area contributed by atoms with E-state index in [1.807, 2.05) is 30.0 Å². The van der Waals surface area contributed by atoms with Crippen LogP contribution in [0.1, 0.15) is 11.3 Å². The van der Waals surface area contributed by atoms with Crippen LogP contribution < -0.4 is 4.74 Å². The lowest BCUT2D eigenvalue weighted by Crippen LogP contribution is -2.00. The highest BCUT2D eigenvalue weighted by atomic mass is 16.5. The van der Waals surface area contributed by atoms with Gasteiger partial charge in [-0.3, -0.25) is 4.98 Å². The minimum Gasteiger partial charge on any atom is -0.495 e. The number of benzene rings is 2. The molecule has 0 atom stereocenters. The molecule has 0 saturated heterocycles. The third kappa shape index (κ3) is 3.70. The number of methoxy groups -OCH3 is 1. The highest BCUT2D eigenvalue weighted by Gasteiger charge is 2.13. The number of ether oxygens (including phenoxy) is 1. The van der Waals surface area contributed by atoms with Gasteiger partial charge in [0.05, 0.1) is 36.0 Å². The van der Waals surface area contributed by atoms with Crippen LogP contribution in [0.15, 0.2) is 85.6 Å². The third-order valence-electron chi connectivity index (χ3n) is 5.62. The molecule has 0 bridgehead atoms. The molecular formula is C26H24N4O. The Kier molecular flexibility index (Phi) is 5.00. The Morgan fingerprint density at radius 1 is 0.968 bits per heavy atom. The van der Waals surface area contributed by atoms with Gasteiger partial charge >= 0.3 is 0 Å². The number of rotatable bonds is 6. The zero-order chi connectivity index (χ0) is 21.2. The summed E-state index contributed by atoms with van der Waals surface area (Å²) in [7, 11) is 1.69. The number of aromatic nitrogens is 4. The highest BCUT2D eigenvalue weighted by molar-refractivity contribution is 5.93. The number of aryl methyl sites for hydroxylation is 3. The molecule has 0 aliphatic heterocycles. The fourth-order valence-corrected chi connectivity index (χ4v) is 4.03. The van der Waals surface area contributed by atoms with E-state index < -0.39 is 0 Å².